The quantitative estimate of drug-likeness (QED) is 0.0530. The summed E-state index contributed by atoms with van der Waals surface area (Å²) < 4.78 is 47.9. The average Bonchev–Trinajstić information content (AvgIpc) is 3.70. The smallest absolute Gasteiger partial charge is 0.264 e. The molecule has 3 aromatic carbocycles. The molecular formula is C46H55FN6O11. The maximum absolute atomic E-state index is 14.3. The molecule has 1 aromatic heterocycles. The van der Waals surface area contributed by atoms with Crippen LogP contribution in [0.2, 0.25) is 0 Å². The minimum Gasteiger partial charge on any atom is -0.382 e. The fourth-order valence-electron chi connectivity index (χ4n) is 7.95. The molecule has 0 bridgehead atoms. The highest BCUT2D eigenvalue weighted by molar-refractivity contribution is 6.25. The van der Waals surface area contributed by atoms with Gasteiger partial charge in [-0.2, -0.15) is 0 Å². The lowest BCUT2D eigenvalue weighted by Gasteiger charge is -2.27. The molecule has 0 spiro atoms. The van der Waals surface area contributed by atoms with E-state index >= 15 is 0 Å². The number of halogens is 1. The van der Waals surface area contributed by atoms with Gasteiger partial charge in [-0.05, 0) is 60.8 Å². The Morgan fingerprint density at radius 1 is 0.750 bits per heavy atom. The third kappa shape index (κ3) is 11.7. The molecule has 4 heterocycles. The molecule has 1 saturated heterocycles. The van der Waals surface area contributed by atoms with Crippen molar-refractivity contribution in [3.8, 4) is 11.3 Å². The summed E-state index contributed by atoms with van der Waals surface area (Å²) in [5.74, 6) is -2.87. The van der Waals surface area contributed by atoms with E-state index in [4.69, 9.17) is 28.4 Å². The summed E-state index contributed by atoms with van der Waals surface area (Å²) in [5.41, 5.74) is 5.99. The van der Waals surface area contributed by atoms with Gasteiger partial charge in [0, 0.05) is 54.9 Å². The van der Waals surface area contributed by atoms with Crippen LogP contribution in [-0.4, -0.2) is 156 Å². The number of aromatic amines is 1. The highest BCUT2D eigenvalue weighted by atomic mass is 19.1. The first-order valence-corrected chi connectivity index (χ1v) is 21.6. The van der Waals surface area contributed by atoms with E-state index in [1.807, 2.05) is 7.05 Å². The van der Waals surface area contributed by atoms with E-state index < -0.39 is 35.5 Å². The second kappa shape index (κ2) is 22.8. The van der Waals surface area contributed by atoms with Gasteiger partial charge in [0.2, 0.25) is 11.8 Å². The number of benzene rings is 3. The fourth-order valence-corrected chi connectivity index (χ4v) is 7.95. The van der Waals surface area contributed by atoms with Gasteiger partial charge in [0.15, 0.2) is 0 Å². The van der Waals surface area contributed by atoms with Gasteiger partial charge in [0.1, 0.15) is 11.9 Å². The van der Waals surface area contributed by atoms with Crippen molar-refractivity contribution in [2.75, 3.05) is 111 Å². The number of imide groups is 2. The van der Waals surface area contributed by atoms with E-state index in [0.717, 1.165) is 45.8 Å². The maximum Gasteiger partial charge on any atom is 0.264 e. The van der Waals surface area contributed by atoms with Crippen molar-refractivity contribution in [3.05, 3.63) is 88.2 Å². The first-order chi connectivity index (χ1) is 31.2. The lowest BCUT2D eigenvalue weighted by Crippen LogP contribution is -2.54. The topological polar surface area (TPSA) is 199 Å². The normalized spacial score (nSPS) is 16.1. The fraction of sp³-hybridized carbons (Fsp3) is 0.457. The molecule has 4 aromatic rings. The zero-order valence-electron chi connectivity index (χ0n) is 36.0. The van der Waals surface area contributed by atoms with Gasteiger partial charge in [0.25, 0.3) is 17.7 Å². The van der Waals surface area contributed by atoms with Crippen LogP contribution in [0.3, 0.4) is 0 Å². The highest BCUT2D eigenvalue weighted by Gasteiger charge is 2.45. The molecule has 3 aliphatic heterocycles. The van der Waals surface area contributed by atoms with E-state index in [2.05, 4.69) is 50.1 Å². The lowest BCUT2D eigenvalue weighted by atomic mass is 9.99. The molecule has 1 unspecified atom stereocenters. The first-order valence-electron chi connectivity index (χ1n) is 21.6. The van der Waals surface area contributed by atoms with Gasteiger partial charge in [-0.1, -0.05) is 30.3 Å². The second-order valence-corrected chi connectivity index (χ2v) is 15.6. The van der Waals surface area contributed by atoms with Gasteiger partial charge in [-0.3, -0.25) is 39.1 Å². The Hall–Kier alpha value is -5.60. The van der Waals surface area contributed by atoms with Crippen molar-refractivity contribution in [3.63, 3.8) is 0 Å². The summed E-state index contributed by atoms with van der Waals surface area (Å²) >= 11 is 0. The third-order valence-electron chi connectivity index (χ3n) is 11.1. The number of hydrogen-bond donors (Lipinski definition) is 4. The maximum atomic E-state index is 14.3. The van der Waals surface area contributed by atoms with Crippen molar-refractivity contribution in [2.24, 2.45) is 0 Å². The Kier molecular flexibility index (Phi) is 16.6. The van der Waals surface area contributed by atoms with Crippen LogP contribution in [0.15, 0.2) is 54.6 Å². The van der Waals surface area contributed by atoms with E-state index in [1.165, 1.54) is 12.1 Å². The summed E-state index contributed by atoms with van der Waals surface area (Å²) in [7, 11) is 2.05. The van der Waals surface area contributed by atoms with E-state index in [9.17, 15) is 28.4 Å². The zero-order valence-corrected chi connectivity index (χ0v) is 36.0. The minimum absolute atomic E-state index is 0.0608. The molecule has 0 saturated carbocycles. The van der Waals surface area contributed by atoms with Gasteiger partial charge in [-0.25, -0.2) is 4.39 Å². The van der Waals surface area contributed by atoms with Crippen molar-refractivity contribution in [1.29, 1.82) is 0 Å². The third-order valence-corrected chi connectivity index (χ3v) is 11.1. The van der Waals surface area contributed by atoms with Crippen LogP contribution >= 0.6 is 0 Å². The molecule has 4 N–H and O–H groups in total. The number of nitrogens with one attached hydrogen (secondary N) is 4. The predicted octanol–water partition coefficient (Wildman–Crippen LogP) is 3.30. The van der Waals surface area contributed by atoms with Gasteiger partial charge in [0.05, 0.1) is 96.0 Å². The van der Waals surface area contributed by atoms with Crippen molar-refractivity contribution >= 4 is 46.1 Å². The number of likely N-dealkylation sites (N-methyl/N-ethyl adjacent to an activating group) is 1. The number of rotatable bonds is 26. The SMILES string of the molecule is CN(CCOCCOCCOCCOCCOCCOCCNc1cccc2c1C(=O)N(C1CCC(=O)NC1=O)C2=O)Cc1ccc(-c2[nH]c3cc(F)cc4c3c2CCNC4=O)cc1. The number of piperidine rings is 1. The molecule has 64 heavy (non-hydrogen) atoms. The van der Waals surface area contributed by atoms with Crippen LogP contribution in [0.5, 0.6) is 0 Å². The highest BCUT2D eigenvalue weighted by Crippen LogP contribution is 2.35. The van der Waals surface area contributed by atoms with Crippen LogP contribution in [0, 0.1) is 5.82 Å². The molecule has 342 valence electrons. The Labute approximate surface area is 370 Å². The molecule has 1 fully saturated rings. The molecular weight excluding hydrogens is 832 g/mol. The molecule has 1 atom stereocenters. The number of carbonyl (C=O) groups is 5. The number of ether oxygens (including phenoxy) is 6. The van der Waals surface area contributed by atoms with Crippen LogP contribution in [0.1, 0.15) is 55.0 Å². The van der Waals surface area contributed by atoms with E-state index in [0.29, 0.717) is 116 Å². The lowest BCUT2D eigenvalue weighted by molar-refractivity contribution is -0.136. The van der Waals surface area contributed by atoms with Crippen molar-refractivity contribution < 1.29 is 56.8 Å². The molecule has 0 radical (unpaired) electrons. The number of H-pyrrole nitrogens is 1. The number of carbonyl (C=O) groups excluding carboxylic acids is 5. The standard InChI is InChI=1S/C46H55FN6O11/c1-52(29-30-5-7-31(8-6-30)42-33-11-12-49-43(55)35-27-32(47)28-37(50-42)40(33)35)14-16-60-18-20-62-22-24-64-26-25-63-23-21-61-19-17-59-15-13-48-36-4-2-3-34-41(36)46(58)53(45(34)57)38-9-10-39(54)51-44(38)56/h2-8,27-28,38,48,50H,9-26,29H2,1H3,(H,49,55)(H,51,54,56). The van der Waals surface area contributed by atoms with Crippen molar-refractivity contribution in [1.82, 2.24) is 25.4 Å². The van der Waals surface area contributed by atoms with Gasteiger partial charge in [-0.15, -0.1) is 0 Å². The van der Waals surface area contributed by atoms with Crippen LogP contribution in [0.4, 0.5) is 10.1 Å². The summed E-state index contributed by atoms with van der Waals surface area (Å²) in [6.07, 6.45) is 0.824. The summed E-state index contributed by atoms with van der Waals surface area (Å²) in [5, 5.41) is 9.00. The number of aromatic nitrogens is 1. The largest absolute Gasteiger partial charge is 0.382 e. The Bertz CT molecular complexity index is 2290. The number of hydrogen-bond acceptors (Lipinski definition) is 13. The van der Waals surface area contributed by atoms with E-state index in [-0.39, 0.29) is 29.9 Å². The van der Waals surface area contributed by atoms with E-state index in [1.54, 1.807) is 18.2 Å². The first kappa shape index (κ1) is 46.4. The van der Waals surface area contributed by atoms with Crippen molar-refractivity contribution in [2.45, 2.75) is 31.8 Å². The summed E-state index contributed by atoms with van der Waals surface area (Å²) in [6, 6.07) is 14.9. The average molecular weight is 887 g/mol. The molecule has 7 rings (SSSR count). The zero-order chi connectivity index (χ0) is 44.8. The molecule has 0 aliphatic carbocycles. The Morgan fingerprint density at radius 2 is 1.39 bits per heavy atom. The molecule has 5 amide bonds. The summed E-state index contributed by atoms with van der Waals surface area (Å²) in [4.78, 5) is 69.1. The van der Waals surface area contributed by atoms with Crippen LogP contribution < -0.4 is 16.0 Å². The Morgan fingerprint density at radius 3 is 2.05 bits per heavy atom. The number of nitrogens with zero attached hydrogens (tertiary/aromatic N) is 2. The van der Waals surface area contributed by atoms with Crippen LogP contribution in [-0.2, 0) is 51.0 Å². The predicted molar refractivity (Wildman–Crippen MR) is 233 cm³/mol. The monoisotopic (exact) mass is 886 g/mol. The second-order valence-electron chi connectivity index (χ2n) is 15.6. The van der Waals surface area contributed by atoms with Gasteiger partial charge < -0.3 is 44.0 Å². The van der Waals surface area contributed by atoms with Gasteiger partial charge >= 0.3 is 0 Å². The minimum atomic E-state index is -1.02. The molecule has 3 aliphatic rings. The Balaban J connectivity index is 0.647. The molecule has 18 heteroatoms. The number of anilines is 1. The number of amides is 5. The van der Waals surface area contributed by atoms with Crippen LogP contribution in [0.25, 0.3) is 22.2 Å². The summed E-state index contributed by atoms with van der Waals surface area (Å²) in [6.45, 7) is 7.62. The number of fused-ring (bicyclic) bond motifs is 1. The molecule has 17 nitrogen and oxygen atoms in total.